The Morgan fingerprint density at radius 3 is 2.33 bits per heavy atom. The van der Waals surface area contributed by atoms with Crippen LogP contribution >= 0.6 is 0 Å². The van der Waals surface area contributed by atoms with Gasteiger partial charge in [-0.05, 0) is 24.1 Å². The van der Waals surface area contributed by atoms with E-state index in [4.69, 9.17) is 14.2 Å². The van der Waals surface area contributed by atoms with E-state index in [-0.39, 0.29) is 52.8 Å². The highest BCUT2D eigenvalue weighted by Gasteiger charge is 2.34. The van der Waals surface area contributed by atoms with Crippen molar-refractivity contribution in [3.8, 4) is 17.2 Å². The highest BCUT2D eigenvalue weighted by molar-refractivity contribution is 6.26. The topological polar surface area (TPSA) is 99.1 Å². The van der Waals surface area contributed by atoms with E-state index in [2.05, 4.69) is 0 Å². The number of benzene rings is 2. The fourth-order valence-electron chi connectivity index (χ4n) is 3.51. The van der Waals surface area contributed by atoms with Crippen molar-refractivity contribution >= 4 is 17.3 Å². The molecule has 156 valence electrons. The van der Waals surface area contributed by atoms with Crippen molar-refractivity contribution in [3.63, 3.8) is 0 Å². The molecule has 2 aromatic rings. The van der Waals surface area contributed by atoms with Gasteiger partial charge < -0.3 is 19.3 Å². The van der Waals surface area contributed by atoms with Gasteiger partial charge in [-0.2, -0.15) is 0 Å². The van der Waals surface area contributed by atoms with E-state index in [0.717, 1.165) is 6.08 Å². The van der Waals surface area contributed by atoms with Gasteiger partial charge in [-0.25, -0.2) is 0 Å². The van der Waals surface area contributed by atoms with Crippen LogP contribution in [0.25, 0.3) is 0 Å². The lowest BCUT2D eigenvalue weighted by molar-refractivity contribution is -0.118. The zero-order valence-corrected chi connectivity index (χ0v) is 17.0. The first-order chi connectivity index (χ1) is 14.4. The zero-order valence-electron chi connectivity index (χ0n) is 17.0. The summed E-state index contributed by atoms with van der Waals surface area (Å²) in [6.07, 6.45) is 1.67. The number of carbonyl (C=O) groups is 3. The van der Waals surface area contributed by atoms with Crippen LogP contribution in [0.1, 0.15) is 38.3 Å². The van der Waals surface area contributed by atoms with Crippen molar-refractivity contribution < 1.29 is 33.7 Å². The first-order valence-electron chi connectivity index (χ1n) is 9.32. The van der Waals surface area contributed by atoms with Crippen molar-refractivity contribution in [1.29, 1.82) is 0 Å². The van der Waals surface area contributed by atoms with E-state index in [1.165, 1.54) is 21.3 Å². The lowest BCUT2D eigenvalue weighted by Gasteiger charge is -2.21. The van der Waals surface area contributed by atoms with Gasteiger partial charge in [0.25, 0.3) is 0 Å². The molecule has 30 heavy (non-hydrogen) atoms. The summed E-state index contributed by atoms with van der Waals surface area (Å²) in [6, 6.07) is 8.38. The number of allylic oxidation sites excluding steroid dienone is 2. The minimum atomic E-state index is -0.486. The number of phenolic OH excluding ortho intramolecular Hbond substituents is 1. The van der Waals surface area contributed by atoms with Crippen LogP contribution in [0, 0.1) is 0 Å². The molecule has 0 unspecified atom stereocenters. The minimum Gasteiger partial charge on any atom is -0.508 e. The van der Waals surface area contributed by atoms with Crippen LogP contribution in [0.15, 0.2) is 42.2 Å². The molecule has 0 heterocycles. The number of methoxy groups -OCH3 is 3. The molecule has 1 aliphatic carbocycles. The molecule has 0 radical (unpaired) electrons. The van der Waals surface area contributed by atoms with Crippen LogP contribution in [0.5, 0.6) is 17.2 Å². The number of aromatic hydroxyl groups is 1. The van der Waals surface area contributed by atoms with E-state index in [9.17, 15) is 19.5 Å². The maximum Gasteiger partial charge on any atom is 0.232 e. The first-order valence-corrected chi connectivity index (χ1v) is 9.32. The Kier molecular flexibility index (Phi) is 6.20. The quantitative estimate of drug-likeness (QED) is 0.714. The number of hydrogen-bond acceptors (Lipinski definition) is 7. The van der Waals surface area contributed by atoms with Crippen LogP contribution in [0.2, 0.25) is 0 Å². The Labute approximate surface area is 173 Å². The van der Waals surface area contributed by atoms with E-state index >= 15 is 0 Å². The number of fused-ring (bicyclic) bond motifs is 1. The SMILES string of the molecule is COC1=CC(=O)c2c(OC)c(CC(=O)CCc3ccccc3O)cc(OC)c2C1=O. The number of ketones is 3. The Balaban J connectivity index is 1.92. The molecule has 7 nitrogen and oxygen atoms in total. The monoisotopic (exact) mass is 410 g/mol. The fourth-order valence-corrected chi connectivity index (χ4v) is 3.51. The molecule has 7 heteroatoms. The molecule has 0 aromatic heterocycles. The number of hydrogen-bond donors (Lipinski definition) is 1. The molecule has 0 aliphatic heterocycles. The third kappa shape index (κ3) is 3.91. The van der Waals surface area contributed by atoms with Crippen molar-refractivity contribution in [3.05, 3.63) is 64.4 Å². The van der Waals surface area contributed by atoms with Crippen LogP contribution in [-0.4, -0.2) is 43.8 Å². The molecule has 2 aromatic carbocycles. The fraction of sp³-hybridized carbons (Fsp3) is 0.261. The molecule has 0 saturated heterocycles. The molecular formula is C23H22O7. The molecule has 0 atom stereocenters. The van der Waals surface area contributed by atoms with Crippen LogP contribution in [0.3, 0.4) is 0 Å². The van der Waals surface area contributed by atoms with E-state index in [1.807, 2.05) is 0 Å². The third-order valence-electron chi connectivity index (χ3n) is 4.98. The predicted molar refractivity (Wildman–Crippen MR) is 108 cm³/mol. The summed E-state index contributed by atoms with van der Waals surface area (Å²) in [5.74, 6) is -0.648. The second-order valence-corrected chi connectivity index (χ2v) is 6.77. The summed E-state index contributed by atoms with van der Waals surface area (Å²) in [6.45, 7) is 0. The van der Waals surface area contributed by atoms with Crippen molar-refractivity contribution in [2.24, 2.45) is 0 Å². The zero-order chi connectivity index (χ0) is 21.8. The smallest absolute Gasteiger partial charge is 0.232 e. The molecule has 3 rings (SSSR count). The summed E-state index contributed by atoms with van der Waals surface area (Å²) >= 11 is 0. The van der Waals surface area contributed by atoms with Gasteiger partial charge in [0.2, 0.25) is 5.78 Å². The van der Waals surface area contributed by atoms with Gasteiger partial charge in [-0.15, -0.1) is 0 Å². The number of aryl methyl sites for hydroxylation is 1. The average molecular weight is 410 g/mol. The van der Waals surface area contributed by atoms with Crippen molar-refractivity contribution in [1.82, 2.24) is 0 Å². The average Bonchev–Trinajstić information content (AvgIpc) is 2.74. The number of carbonyl (C=O) groups excluding carboxylic acids is 3. The van der Waals surface area contributed by atoms with E-state index < -0.39 is 11.6 Å². The Hall–Kier alpha value is -3.61. The number of phenols is 1. The second kappa shape index (κ2) is 8.82. The van der Waals surface area contributed by atoms with Gasteiger partial charge in [-0.1, -0.05) is 18.2 Å². The summed E-state index contributed by atoms with van der Waals surface area (Å²) in [4.78, 5) is 38.0. The normalized spacial score (nSPS) is 12.8. The maximum absolute atomic E-state index is 12.7. The Bertz CT molecular complexity index is 1050. The second-order valence-electron chi connectivity index (χ2n) is 6.77. The lowest BCUT2D eigenvalue weighted by atomic mass is 9.88. The van der Waals surface area contributed by atoms with Crippen LogP contribution < -0.4 is 9.47 Å². The molecule has 0 saturated carbocycles. The maximum atomic E-state index is 12.7. The molecule has 0 amide bonds. The Morgan fingerprint density at radius 2 is 1.70 bits per heavy atom. The van der Waals surface area contributed by atoms with Gasteiger partial charge in [0.1, 0.15) is 23.0 Å². The molecule has 1 aliphatic rings. The summed E-state index contributed by atoms with van der Waals surface area (Å²) < 4.78 is 15.8. The van der Waals surface area contributed by atoms with Gasteiger partial charge in [0, 0.05) is 24.5 Å². The van der Waals surface area contributed by atoms with Crippen molar-refractivity contribution in [2.75, 3.05) is 21.3 Å². The summed E-state index contributed by atoms with van der Waals surface area (Å²) in [5, 5.41) is 9.86. The highest BCUT2D eigenvalue weighted by atomic mass is 16.5. The van der Waals surface area contributed by atoms with Gasteiger partial charge in [0.15, 0.2) is 11.5 Å². The first kappa shape index (κ1) is 21.1. The van der Waals surface area contributed by atoms with Crippen LogP contribution in [0.4, 0.5) is 0 Å². The van der Waals surface area contributed by atoms with Gasteiger partial charge in [0.05, 0.1) is 32.5 Å². The molecule has 0 bridgehead atoms. The largest absolute Gasteiger partial charge is 0.508 e. The third-order valence-corrected chi connectivity index (χ3v) is 4.98. The molecule has 0 spiro atoms. The minimum absolute atomic E-state index is 0.0112. The number of ether oxygens (including phenoxy) is 3. The summed E-state index contributed by atoms with van der Waals surface area (Å²) in [7, 11) is 4.07. The molecule has 0 fully saturated rings. The number of Topliss-reactive ketones (excluding diaryl/α,β-unsaturated/α-hetero) is 2. The van der Waals surface area contributed by atoms with E-state index in [0.29, 0.717) is 17.5 Å². The Morgan fingerprint density at radius 1 is 0.967 bits per heavy atom. The predicted octanol–water partition coefficient (Wildman–Crippen LogP) is 3.06. The molecule has 1 N–H and O–H groups in total. The van der Waals surface area contributed by atoms with E-state index in [1.54, 1.807) is 30.3 Å². The van der Waals surface area contributed by atoms with Gasteiger partial charge >= 0.3 is 0 Å². The van der Waals surface area contributed by atoms with Crippen LogP contribution in [-0.2, 0) is 22.4 Å². The summed E-state index contributed by atoms with van der Waals surface area (Å²) in [5.41, 5.74) is 1.25. The lowest BCUT2D eigenvalue weighted by Crippen LogP contribution is -2.21. The van der Waals surface area contributed by atoms with Crippen molar-refractivity contribution in [2.45, 2.75) is 19.3 Å². The molecular weight excluding hydrogens is 388 g/mol. The highest BCUT2D eigenvalue weighted by Crippen LogP contribution is 2.39. The van der Waals surface area contributed by atoms with Gasteiger partial charge in [-0.3, -0.25) is 14.4 Å². The number of para-hydroxylation sites is 1. The number of rotatable bonds is 8. The standard InChI is InChI=1S/C23H22O7/c1-28-18-11-14(10-15(24)9-8-13-6-4-5-7-16(13)25)23(30-3)20-17(26)12-19(29-2)22(27)21(18)20/h4-7,11-12,25H,8-10H2,1-3H3.